The van der Waals surface area contributed by atoms with Crippen LogP contribution >= 0.6 is 11.8 Å². The molecule has 1 aliphatic heterocycles. The van der Waals surface area contributed by atoms with E-state index in [1.165, 1.54) is 24.3 Å². The average Bonchev–Trinajstić information content (AvgIpc) is 3.52. The molecule has 3 aromatic rings. The van der Waals surface area contributed by atoms with Crippen LogP contribution in [0.15, 0.2) is 59.6 Å². The van der Waals surface area contributed by atoms with E-state index >= 15 is 0 Å². The van der Waals surface area contributed by atoms with Gasteiger partial charge in [0.05, 0.1) is 11.4 Å². The summed E-state index contributed by atoms with van der Waals surface area (Å²) < 4.78 is 20.4. The fourth-order valence-corrected chi connectivity index (χ4v) is 4.65. The Balaban J connectivity index is 1.30. The minimum Gasteiger partial charge on any atom is -0.492 e. The second-order valence-corrected chi connectivity index (χ2v) is 9.20. The fourth-order valence-electron chi connectivity index (χ4n) is 3.80. The number of rotatable bonds is 8. The molecule has 174 valence electrons. The minimum absolute atomic E-state index is 0.0451. The molecule has 2 heterocycles. The smallest absolute Gasteiger partial charge is 0.293 e. The number of para-hydroxylation sites is 1. The second-order valence-electron chi connectivity index (χ2n) is 8.21. The van der Waals surface area contributed by atoms with Crippen LogP contribution in [0.2, 0.25) is 0 Å². The highest BCUT2D eigenvalue weighted by Crippen LogP contribution is 2.34. The van der Waals surface area contributed by atoms with Gasteiger partial charge in [-0.25, -0.2) is 4.39 Å². The summed E-state index contributed by atoms with van der Waals surface area (Å²) in [4.78, 5) is 39.1. The first-order valence-corrected chi connectivity index (χ1v) is 11.8. The summed E-state index contributed by atoms with van der Waals surface area (Å²) in [7, 11) is 0. The summed E-state index contributed by atoms with van der Waals surface area (Å²) in [6.07, 6.45) is 5.58. The van der Waals surface area contributed by atoms with Crippen LogP contribution in [0.25, 0.3) is 17.0 Å². The van der Waals surface area contributed by atoms with Gasteiger partial charge >= 0.3 is 0 Å². The van der Waals surface area contributed by atoms with Crippen LogP contribution in [0.4, 0.5) is 9.18 Å². The Morgan fingerprint density at radius 2 is 1.91 bits per heavy atom. The fraction of sp³-hybridized carbons (Fsp3) is 0.240. The highest BCUT2D eigenvalue weighted by molar-refractivity contribution is 8.18. The molecule has 0 unspecified atom stereocenters. The van der Waals surface area contributed by atoms with Gasteiger partial charge in [0.1, 0.15) is 24.7 Å². The van der Waals surface area contributed by atoms with Gasteiger partial charge in [-0.2, -0.15) is 0 Å². The van der Waals surface area contributed by atoms with Crippen LogP contribution in [0.5, 0.6) is 5.75 Å². The number of hydrogen-bond donors (Lipinski definition) is 1. The van der Waals surface area contributed by atoms with Crippen molar-refractivity contribution in [3.63, 3.8) is 0 Å². The third kappa shape index (κ3) is 4.84. The molecule has 0 spiro atoms. The third-order valence-electron chi connectivity index (χ3n) is 5.63. The van der Waals surface area contributed by atoms with Crippen molar-refractivity contribution in [3.8, 4) is 5.75 Å². The van der Waals surface area contributed by atoms with E-state index in [2.05, 4.69) is 5.32 Å². The first kappa shape index (κ1) is 22.2. The number of carbonyl (C=O) groups is 3. The van der Waals surface area contributed by atoms with Gasteiger partial charge in [-0.15, -0.1) is 0 Å². The highest BCUT2D eigenvalue weighted by Gasteiger charge is 2.35. The van der Waals surface area contributed by atoms with Crippen LogP contribution < -0.4 is 10.1 Å². The van der Waals surface area contributed by atoms with E-state index in [1.54, 1.807) is 6.08 Å². The van der Waals surface area contributed by atoms with Gasteiger partial charge in [0.25, 0.3) is 11.1 Å². The lowest BCUT2D eigenvalue weighted by Gasteiger charge is -2.13. The molecule has 34 heavy (non-hydrogen) atoms. The summed E-state index contributed by atoms with van der Waals surface area (Å²) in [6, 6.07) is 13.5. The standard InChI is InChI=1S/C25H22FN3O4S/c26-17-5-9-19(10-6-17)33-12-11-29-24(31)22(34-25(29)32)13-16-14-28(15-23(30)27-18-7-8-18)21-4-2-1-3-20(16)21/h1-6,9-10,13-14,18H,7-8,11-12,15H2,(H,27,30)/b22-13-. The Morgan fingerprint density at radius 1 is 1.15 bits per heavy atom. The SMILES string of the molecule is O=C(Cn1cc(/C=C2\SC(=O)N(CCOc3ccc(F)cc3)C2=O)c2ccccc21)NC1CC1. The summed E-state index contributed by atoms with van der Waals surface area (Å²) in [5.74, 6) is -0.340. The van der Waals surface area contributed by atoms with E-state index in [0.29, 0.717) is 10.7 Å². The van der Waals surface area contributed by atoms with Gasteiger partial charge in [-0.05, 0) is 61.0 Å². The van der Waals surface area contributed by atoms with Crippen molar-refractivity contribution in [3.05, 3.63) is 71.0 Å². The predicted octanol–water partition coefficient (Wildman–Crippen LogP) is 4.17. The molecule has 5 rings (SSSR count). The van der Waals surface area contributed by atoms with Crippen molar-refractivity contribution in [2.75, 3.05) is 13.2 Å². The summed E-state index contributed by atoms with van der Waals surface area (Å²) in [5.41, 5.74) is 1.65. The molecular weight excluding hydrogens is 457 g/mol. The van der Waals surface area contributed by atoms with E-state index in [1.807, 2.05) is 35.0 Å². The quantitative estimate of drug-likeness (QED) is 0.491. The van der Waals surface area contributed by atoms with E-state index in [4.69, 9.17) is 4.74 Å². The van der Waals surface area contributed by atoms with Crippen LogP contribution in [0.3, 0.4) is 0 Å². The van der Waals surface area contributed by atoms with Crippen LogP contribution in [-0.2, 0) is 16.1 Å². The summed E-state index contributed by atoms with van der Waals surface area (Å²) in [6.45, 7) is 0.377. The average molecular weight is 480 g/mol. The topological polar surface area (TPSA) is 80.6 Å². The molecule has 2 aromatic carbocycles. The van der Waals surface area contributed by atoms with Gasteiger partial charge < -0.3 is 14.6 Å². The molecule has 1 aliphatic carbocycles. The zero-order chi connectivity index (χ0) is 23.7. The molecule has 1 aromatic heterocycles. The number of hydrogen-bond acceptors (Lipinski definition) is 5. The lowest BCUT2D eigenvalue weighted by atomic mass is 10.1. The predicted molar refractivity (Wildman–Crippen MR) is 128 cm³/mol. The second kappa shape index (κ2) is 9.34. The zero-order valence-corrected chi connectivity index (χ0v) is 19.0. The Labute approximate surface area is 199 Å². The Morgan fingerprint density at radius 3 is 2.68 bits per heavy atom. The van der Waals surface area contributed by atoms with E-state index in [-0.39, 0.29) is 48.6 Å². The first-order chi connectivity index (χ1) is 16.5. The van der Waals surface area contributed by atoms with Gasteiger partial charge in [-0.3, -0.25) is 19.3 Å². The van der Waals surface area contributed by atoms with E-state index < -0.39 is 0 Å². The van der Waals surface area contributed by atoms with Crippen molar-refractivity contribution >= 4 is 45.8 Å². The number of nitrogens with zero attached hydrogens (tertiary/aromatic N) is 2. The van der Waals surface area contributed by atoms with Gasteiger partial charge in [-0.1, -0.05) is 18.2 Å². The number of nitrogens with one attached hydrogen (secondary N) is 1. The molecular formula is C25H22FN3O4S. The number of fused-ring (bicyclic) bond motifs is 1. The maximum absolute atomic E-state index is 13.0. The first-order valence-electron chi connectivity index (χ1n) is 11.0. The van der Waals surface area contributed by atoms with Crippen molar-refractivity contribution in [1.82, 2.24) is 14.8 Å². The van der Waals surface area contributed by atoms with Gasteiger partial charge in [0.2, 0.25) is 5.91 Å². The molecule has 1 N–H and O–H groups in total. The molecule has 0 atom stereocenters. The number of halogens is 1. The van der Waals surface area contributed by atoms with Crippen molar-refractivity contribution in [2.24, 2.45) is 0 Å². The van der Waals surface area contributed by atoms with Crippen LogP contribution in [0, 0.1) is 5.82 Å². The largest absolute Gasteiger partial charge is 0.492 e. The number of imide groups is 1. The van der Waals surface area contributed by atoms with Crippen molar-refractivity contribution < 1.29 is 23.5 Å². The number of benzene rings is 2. The molecule has 0 radical (unpaired) electrons. The molecule has 1 saturated heterocycles. The molecule has 3 amide bonds. The summed E-state index contributed by atoms with van der Waals surface area (Å²) in [5, 5.41) is 3.51. The number of carbonyl (C=O) groups excluding carboxylic acids is 3. The van der Waals surface area contributed by atoms with Gasteiger partial charge in [0.15, 0.2) is 0 Å². The molecule has 1 saturated carbocycles. The number of amides is 3. The lowest BCUT2D eigenvalue weighted by molar-refractivity contribution is -0.123. The Bertz CT molecular complexity index is 1300. The molecule has 2 fully saturated rings. The lowest BCUT2D eigenvalue weighted by Crippen LogP contribution is -2.32. The van der Waals surface area contributed by atoms with E-state index in [9.17, 15) is 18.8 Å². The molecule has 0 bridgehead atoms. The summed E-state index contributed by atoms with van der Waals surface area (Å²) >= 11 is 0.878. The third-order valence-corrected chi connectivity index (χ3v) is 6.54. The minimum atomic E-state index is -0.388. The van der Waals surface area contributed by atoms with Crippen LogP contribution in [0.1, 0.15) is 18.4 Å². The number of thioether (sulfide) groups is 1. The Kier molecular flexibility index (Phi) is 6.10. The molecule has 2 aliphatic rings. The maximum atomic E-state index is 13.0. The number of ether oxygens (including phenoxy) is 1. The number of aromatic nitrogens is 1. The van der Waals surface area contributed by atoms with Gasteiger partial charge in [0, 0.05) is 28.7 Å². The van der Waals surface area contributed by atoms with Crippen molar-refractivity contribution in [2.45, 2.75) is 25.4 Å². The maximum Gasteiger partial charge on any atom is 0.293 e. The zero-order valence-electron chi connectivity index (χ0n) is 18.2. The molecule has 9 heteroatoms. The van der Waals surface area contributed by atoms with Crippen LogP contribution in [-0.4, -0.2) is 45.7 Å². The molecule has 7 nitrogen and oxygen atoms in total. The Hall–Kier alpha value is -3.59. The normalized spacial score (nSPS) is 17.1. The van der Waals surface area contributed by atoms with Crippen molar-refractivity contribution in [1.29, 1.82) is 0 Å². The highest BCUT2D eigenvalue weighted by atomic mass is 32.2. The monoisotopic (exact) mass is 479 g/mol. The van der Waals surface area contributed by atoms with E-state index in [0.717, 1.165) is 46.0 Å².